The van der Waals surface area contributed by atoms with Crippen LogP contribution in [0.15, 0.2) is 16.8 Å². The van der Waals surface area contributed by atoms with Crippen LogP contribution in [-0.4, -0.2) is 43.0 Å². The lowest BCUT2D eigenvalue weighted by atomic mass is 10.0. The third kappa shape index (κ3) is 1.69. The normalized spacial score (nSPS) is 22.9. The molecule has 2 heterocycles. The van der Waals surface area contributed by atoms with Gasteiger partial charge in [-0.2, -0.15) is 0 Å². The average molecular weight is 278 g/mol. The van der Waals surface area contributed by atoms with Crippen LogP contribution in [-0.2, 0) is 0 Å². The lowest BCUT2D eigenvalue weighted by Crippen LogP contribution is -2.20. The number of allylic oxidation sites excluding steroid dienone is 1. The molecule has 1 aliphatic carbocycles. The fourth-order valence-corrected chi connectivity index (χ4v) is 2.55. The fourth-order valence-electron chi connectivity index (χ4n) is 2.55. The summed E-state index contributed by atoms with van der Waals surface area (Å²) in [5.74, 6) is -0.694. The lowest BCUT2D eigenvalue weighted by Gasteiger charge is -2.10. The van der Waals surface area contributed by atoms with Gasteiger partial charge >= 0.3 is 0 Å². The molecule has 3 rings (SSSR count). The number of aliphatic hydroxyl groups excluding tert-OH is 3. The molecule has 2 atom stereocenters. The number of H-pyrrole nitrogens is 2. The van der Waals surface area contributed by atoms with Gasteiger partial charge in [0.15, 0.2) is 0 Å². The molecule has 0 saturated heterocycles. The number of aromatic amines is 2. The highest BCUT2D eigenvalue weighted by Crippen LogP contribution is 2.38. The minimum Gasteiger partial charge on any atom is -0.509 e. The quantitative estimate of drug-likeness (QED) is 0.435. The van der Waals surface area contributed by atoms with Gasteiger partial charge in [0.05, 0.1) is 0 Å². The van der Waals surface area contributed by atoms with Crippen LogP contribution in [0.25, 0.3) is 16.6 Å². The van der Waals surface area contributed by atoms with Gasteiger partial charge < -0.3 is 26.0 Å². The Bertz CT molecular complexity index is 760. The summed E-state index contributed by atoms with van der Waals surface area (Å²) in [6.45, 7) is -0.243. The van der Waals surface area contributed by atoms with Gasteiger partial charge in [0.2, 0.25) is 5.95 Å². The molecule has 8 nitrogen and oxygen atoms in total. The van der Waals surface area contributed by atoms with E-state index < -0.39 is 17.6 Å². The second-order valence-electron chi connectivity index (χ2n) is 4.83. The van der Waals surface area contributed by atoms with Gasteiger partial charge in [-0.15, -0.1) is 0 Å². The van der Waals surface area contributed by atoms with E-state index in [1.54, 1.807) is 0 Å². The molecule has 0 radical (unpaired) electrons. The van der Waals surface area contributed by atoms with Crippen molar-refractivity contribution >= 4 is 22.6 Å². The van der Waals surface area contributed by atoms with E-state index >= 15 is 0 Å². The second-order valence-corrected chi connectivity index (χ2v) is 4.83. The molecule has 0 aromatic carbocycles. The van der Waals surface area contributed by atoms with E-state index in [-0.39, 0.29) is 23.8 Å². The van der Waals surface area contributed by atoms with Gasteiger partial charge in [0, 0.05) is 29.9 Å². The Morgan fingerprint density at radius 3 is 2.90 bits per heavy atom. The van der Waals surface area contributed by atoms with Gasteiger partial charge in [-0.1, -0.05) is 0 Å². The van der Waals surface area contributed by atoms with Crippen molar-refractivity contribution in [2.24, 2.45) is 5.92 Å². The van der Waals surface area contributed by atoms with E-state index in [9.17, 15) is 20.1 Å². The fraction of sp³-hybridized carbons (Fsp3) is 0.333. The van der Waals surface area contributed by atoms with Crippen LogP contribution in [0.5, 0.6) is 0 Å². The maximum absolute atomic E-state index is 11.7. The van der Waals surface area contributed by atoms with E-state index in [1.165, 1.54) is 6.20 Å². The Balaban J connectivity index is 2.19. The molecule has 0 amide bonds. The monoisotopic (exact) mass is 278 g/mol. The predicted octanol–water partition coefficient (Wildman–Crippen LogP) is -0.524. The number of aromatic nitrogens is 3. The Hall–Kier alpha value is -2.32. The third-order valence-electron chi connectivity index (χ3n) is 3.62. The van der Waals surface area contributed by atoms with Crippen LogP contribution >= 0.6 is 0 Å². The first-order chi connectivity index (χ1) is 9.52. The number of aliphatic hydroxyl groups is 3. The summed E-state index contributed by atoms with van der Waals surface area (Å²) in [6, 6.07) is 0. The Labute approximate surface area is 112 Å². The lowest BCUT2D eigenvalue weighted by molar-refractivity contribution is 0.0781. The first-order valence-electron chi connectivity index (χ1n) is 6.11. The molecule has 1 unspecified atom stereocenters. The summed E-state index contributed by atoms with van der Waals surface area (Å²) in [6.07, 6.45) is 0.717. The van der Waals surface area contributed by atoms with Gasteiger partial charge in [-0.25, -0.2) is 4.98 Å². The number of nitrogen functional groups attached to an aromatic ring is 1. The number of hydrogen-bond donors (Lipinski definition) is 6. The van der Waals surface area contributed by atoms with E-state index in [0.717, 1.165) is 0 Å². The zero-order valence-corrected chi connectivity index (χ0v) is 10.4. The Morgan fingerprint density at radius 2 is 2.25 bits per heavy atom. The highest BCUT2D eigenvalue weighted by atomic mass is 16.3. The molecule has 8 heteroatoms. The van der Waals surface area contributed by atoms with Crippen molar-refractivity contribution < 1.29 is 15.3 Å². The van der Waals surface area contributed by atoms with Crippen molar-refractivity contribution in [1.29, 1.82) is 0 Å². The van der Waals surface area contributed by atoms with Crippen molar-refractivity contribution in [3.8, 4) is 0 Å². The number of fused-ring (bicyclic) bond motifs is 1. The Morgan fingerprint density at radius 1 is 1.50 bits per heavy atom. The number of rotatable bonds is 2. The standard InChI is InChI=1S/C12H14N4O4/c13-12-15-7-6(2-14-8(7)11(20)16-12)5-1-4(3-17)9(18)10(5)19/h2,4,9,14,17-19H,1,3H2,(H3,13,15,16,20)/t4-,9?/m1/s1. The molecule has 0 saturated carbocycles. The number of hydrogen-bond acceptors (Lipinski definition) is 6. The van der Waals surface area contributed by atoms with Crippen molar-refractivity contribution in [3.05, 3.63) is 27.9 Å². The van der Waals surface area contributed by atoms with Crippen LogP contribution < -0.4 is 11.3 Å². The topological polar surface area (TPSA) is 148 Å². The number of nitrogens with zero attached hydrogens (tertiary/aromatic N) is 1. The molecule has 2 aromatic heterocycles. The summed E-state index contributed by atoms with van der Waals surface area (Å²) < 4.78 is 0. The summed E-state index contributed by atoms with van der Waals surface area (Å²) in [5.41, 5.74) is 6.65. The van der Waals surface area contributed by atoms with Gasteiger partial charge in [0.25, 0.3) is 5.56 Å². The van der Waals surface area contributed by atoms with Gasteiger partial charge in [-0.05, 0) is 6.42 Å². The highest BCUT2D eigenvalue weighted by molar-refractivity contribution is 5.90. The van der Waals surface area contributed by atoms with Crippen molar-refractivity contribution in [3.63, 3.8) is 0 Å². The third-order valence-corrected chi connectivity index (χ3v) is 3.62. The molecule has 0 fully saturated rings. The van der Waals surface area contributed by atoms with Crippen molar-refractivity contribution in [2.75, 3.05) is 12.3 Å². The van der Waals surface area contributed by atoms with Crippen molar-refractivity contribution in [2.45, 2.75) is 12.5 Å². The minimum atomic E-state index is -1.11. The summed E-state index contributed by atoms with van der Waals surface area (Å²) in [7, 11) is 0. The molecule has 0 spiro atoms. The van der Waals surface area contributed by atoms with Gasteiger partial charge in [0.1, 0.15) is 22.9 Å². The maximum atomic E-state index is 11.7. The SMILES string of the molecule is Nc1nc2c(C3=C(O)C(O)[C@@H](CO)C3)c[nH]c2c(=O)[nH]1. The summed E-state index contributed by atoms with van der Waals surface area (Å²) in [4.78, 5) is 20.9. The average Bonchev–Trinajstić information content (AvgIpc) is 2.93. The maximum Gasteiger partial charge on any atom is 0.276 e. The smallest absolute Gasteiger partial charge is 0.276 e. The molecule has 20 heavy (non-hydrogen) atoms. The highest BCUT2D eigenvalue weighted by Gasteiger charge is 2.34. The number of nitrogens with two attached hydrogens (primary N) is 1. The molecule has 106 valence electrons. The predicted molar refractivity (Wildman–Crippen MR) is 71.9 cm³/mol. The molecular formula is C12H14N4O4. The summed E-state index contributed by atoms with van der Waals surface area (Å²) in [5, 5.41) is 29.0. The number of nitrogens with one attached hydrogen (secondary N) is 2. The molecule has 7 N–H and O–H groups in total. The first-order valence-corrected chi connectivity index (χ1v) is 6.11. The van der Waals surface area contributed by atoms with E-state index in [4.69, 9.17) is 5.73 Å². The van der Waals surface area contributed by atoms with Crippen LogP contribution in [0.1, 0.15) is 12.0 Å². The molecular weight excluding hydrogens is 264 g/mol. The zero-order valence-electron chi connectivity index (χ0n) is 10.4. The van der Waals surface area contributed by atoms with Crippen LogP contribution in [0.3, 0.4) is 0 Å². The Kier molecular flexibility index (Phi) is 2.77. The van der Waals surface area contributed by atoms with E-state index in [0.29, 0.717) is 23.1 Å². The van der Waals surface area contributed by atoms with E-state index in [2.05, 4.69) is 15.0 Å². The second kappa shape index (κ2) is 4.36. The minimum absolute atomic E-state index is 0.0271. The molecule has 1 aliphatic rings. The number of anilines is 1. The molecule has 0 aliphatic heterocycles. The van der Waals surface area contributed by atoms with Crippen molar-refractivity contribution in [1.82, 2.24) is 15.0 Å². The largest absolute Gasteiger partial charge is 0.509 e. The van der Waals surface area contributed by atoms with Crippen LogP contribution in [0.2, 0.25) is 0 Å². The van der Waals surface area contributed by atoms with Crippen LogP contribution in [0, 0.1) is 5.92 Å². The summed E-state index contributed by atoms with van der Waals surface area (Å²) >= 11 is 0. The first kappa shape index (κ1) is 12.7. The van der Waals surface area contributed by atoms with Crippen LogP contribution in [0.4, 0.5) is 5.95 Å². The zero-order chi connectivity index (χ0) is 14.4. The van der Waals surface area contributed by atoms with Gasteiger partial charge in [-0.3, -0.25) is 9.78 Å². The molecule has 2 aromatic rings. The molecule has 0 bridgehead atoms. The van der Waals surface area contributed by atoms with E-state index in [1.807, 2.05) is 0 Å².